The van der Waals surface area contributed by atoms with Crippen molar-refractivity contribution >= 4 is 5.97 Å². The topological polar surface area (TPSA) is 68.7 Å². The van der Waals surface area contributed by atoms with Crippen LogP contribution in [0.1, 0.15) is 60.8 Å². The summed E-state index contributed by atoms with van der Waals surface area (Å²) in [6.45, 7) is 4.53. The van der Waals surface area contributed by atoms with Gasteiger partial charge in [-0.05, 0) is 72.1 Å². The Balaban J connectivity index is 1.32. The fraction of sp³-hybridized carbons (Fsp3) is 0.375. The van der Waals surface area contributed by atoms with Crippen molar-refractivity contribution in [2.45, 2.75) is 62.4 Å². The van der Waals surface area contributed by atoms with E-state index in [0.29, 0.717) is 24.5 Å². The quantitative estimate of drug-likeness (QED) is 0.337. The third-order valence-electron chi connectivity index (χ3n) is 9.07. The summed E-state index contributed by atoms with van der Waals surface area (Å²) in [4.78, 5) is 15.6. The molecule has 1 spiro atoms. The Kier molecular flexibility index (Phi) is 6.01. The van der Waals surface area contributed by atoms with E-state index in [1.807, 2.05) is 30.3 Å². The summed E-state index contributed by atoms with van der Waals surface area (Å²) in [7, 11) is 1.53. The SMILES string of the molecule is C=CC1(c2cc(COc3ccc4c(c3)C3(CC4)CC3C(=O)O)ccc2-c2cc(OC)ncc2F)CCCC1. The molecule has 1 N–H and O–H groups in total. The molecular formula is C32H32FNO4. The summed E-state index contributed by atoms with van der Waals surface area (Å²) in [6, 6.07) is 13.8. The number of hydrogen-bond donors (Lipinski definition) is 1. The van der Waals surface area contributed by atoms with E-state index in [1.54, 1.807) is 6.07 Å². The van der Waals surface area contributed by atoms with Crippen molar-refractivity contribution in [3.63, 3.8) is 0 Å². The van der Waals surface area contributed by atoms with Gasteiger partial charge >= 0.3 is 5.97 Å². The molecule has 196 valence electrons. The smallest absolute Gasteiger partial charge is 0.307 e. The Morgan fingerprint density at radius 2 is 1.95 bits per heavy atom. The van der Waals surface area contributed by atoms with Crippen LogP contribution >= 0.6 is 0 Å². The van der Waals surface area contributed by atoms with Gasteiger partial charge in [-0.25, -0.2) is 9.37 Å². The second kappa shape index (κ2) is 9.26. The molecule has 0 aliphatic heterocycles. The number of ether oxygens (including phenoxy) is 2. The molecular weight excluding hydrogens is 481 g/mol. The van der Waals surface area contributed by atoms with Crippen molar-refractivity contribution in [3.05, 3.63) is 89.4 Å². The van der Waals surface area contributed by atoms with E-state index >= 15 is 4.39 Å². The minimum absolute atomic E-state index is 0.218. The van der Waals surface area contributed by atoms with Crippen molar-refractivity contribution in [2.24, 2.45) is 5.92 Å². The number of carboxylic acids is 1. The molecule has 38 heavy (non-hydrogen) atoms. The van der Waals surface area contributed by atoms with Crippen LogP contribution in [0.5, 0.6) is 11.6 Å². The highest BCUT2D eigenvalue weighted by molar-refractivity contribution is 5.78. The van der Waals surface area contributed by atoms with E-state index in [9.17, 15) is 9.90 Å². The standard InChI is InChI=1S/C32H32FNO4/c1-3-31(11-4-5-12-31)26-14-20(6-9-23(26)24-16-29(37-2)34-18-28(24)33)19-38-22-8-7-21-10-13-32(25(21)15-22)17-27(32)30(35)36/h3,6-9,14-16,18,27H,1,4-5,10-13,17,19H2,2H3,(H,35,36). The zero-order valence-corrected chi connectivity index (χ0v) is 21.6. The van der Waals surface area contributed by atoms with Crippen molar-refractivity contribution in [2.75, 3.05) is 7.11 Å². The van der Waals surface area contributed by atoms with Crippen LogP contribution in [0.25, 0.3) is 11.1 Å². The lowest BCUT2D eigenvalue weighted by molar-refractivity contribution is -0.139. The molecule has 2 aromatic carbocycles. The molecule has 3 aliphatic carbocycles. The van der Waals surface area contributed by atoms with Crippen molar-refractivity contribution in [1.29, 1.82) is 0 Å². The van der Waals surface area contributed by atoms with Crippen molar-refractivity contribution < 1.29 is 23.8 Å². The first-order valence-corrected chi connectivity index (χ1v) is 13.3. The van der Waals surface area contributed by atoms with Crippen LogP contribution in [0.15, 0.2) is 61.3 Å². The van der Waals surface area contributed by atoms with Crippen LogP contribution in [0.3, 0.4) is 0 Å². The predicted molar refractivity (Wildman–Crippen MR) is 143 cm³/mol. The molecule has 2 atom stereocenters. The summed E-state index contributed by atoms with van der Waals surface area (Å²) in [5.41, 5.74) is 5.25. The second-order valence-corrected chi connectivity index (χ2v) is 11.0. The first-order chi connectivity index (χ1) is 18.4. The van der Waals surface area contributed by atoms with E-state index in [2.05, 4.69) is 23.7 Å². The van der Waals surface area contributed by atoms with Gasteiger partial charge in [0.25, 0.3) is 0 Å². The number of carbonyl (C=O) groups is 1. The number of aromatic nitrogens is 1. The van der Waals surface area contributed by atoms with Gasteiger partial charge in [-0.3, -0.25) is 4.79 Å². The van der Waals surface area contributed by atoms with Gasteiger partial charge < -0.3 is 14.6 Å². The molecule has 1 aromatic heterocycles. The van der Waals surface area contributed by atoms with Crippen LogP contribution < -0.4 is 9.47 Å². The van der Waals surface area contributed by atoms with Gasteiger partial charge in [0.2, 0.25) is 5.88 Å². The first-order valence-electron chi connectivity index (χ1n) is 13.3. The third kappa shape index (κ3) is 3.98. The molecule has 3 aromatic rings. The number of aliphatic carboxylic acids is 1. The van der Waals surface area contributed by atoms with Crippen LogP contribution in [0, 0.1) is 11.7 Å². The normalized spacial score (nSPS) is 22.7. The molecule has 5 nitrogen and oxygen atoms in total. The summed E-state index contributed by atoms with van der Waals surface area (Å²) in [5, 5.41) is 9.56. The van der Waals surface area contributed by atoms with Gasteiger partial charge in [-0.2, -0.15) is 0 Å². The lowest BCUT2D eigenvalue weighted by Gasteiger charge is -2.29. The Hall–Kier alpha value is -3.67. The number of nitrogens with zero attached hydrogens (tertiary/aromatic N) is 1. The largest absolute Gasteiger partial charge is 0.489 e. The van der Waals surface area contributed by atoms with Crippen LogP contribution in [-0.2, 0) is 28.7 Å². The fourth-order valence-corrected chi connectivity index (χ4v) is 6.84. The molecule has 0 saturated heterocycles. The van der Waals surface area contributed by atoms with E-state index < -0.39 is 5.97 Å². The van der Waals surface area contributed by atoms with Gasteiger partial charge in [0.1, 0.15) is 18.2 Å². The van der Waals surface area contributed by atoms with Gasteiger partial charge in [0.05, 0.1) is 19.2 Å². The minimum atomic E-state index is -0.705. The highest BCUT2D eigenvalue weighted by atomic mass is 19.1. The number of hydrogen-bond acceptors (Lipinski definition) is 4. The summed E-state index contributed by atoms with van der Waals surface area (Å²) < 4.78 is 26.5. The number of carboxylic acid groups (broad SMARTS) is 1. The van der Waals surface area contributed by atoms with E-state index in [4.69, 9.17) is 9.47 Å². The maximum Gasteiger partial charge on any atom is 0.307 e. The minimum Gasteiger partial charge on any atom is -0.489 e. The number of halogens is 1. The van der Waals surface area contributed by atoms with Gasteiger partial charge in [-0.15, -0.1) is 6.58 Å². The first kappa shape index (κ1) is 24.7. The maximum absolute atomic E-state index is 15.0. The van der Waals surface area contributed by atoms with Crippen molar-refractivity contribution in [1.82, 2.24) is 4.98 Å². The number of aryl methyl sites for hydroxylation is 1. The molecule has 2 unspecified atom stereocenters. The average Bonchev–Trinajstić information content (AvgIpc) is 3.29. The predicted octanol–water partition coefficient (Wildman–Crippen LogP) is 6.76. The third-order valence-corrected chi connectivity index (χ3v) is 9.07. The molecule has 0 amide bonds. The molecule has 0 bridgehead atoms. The van der Waals surface area contributed by atoms with Crippen LogP contribution in [-0.4, -0.2) is 23.2 Å². The summed E-state index contributed by atoms with van der Waals surface area (Å²) in [6.07, 6.45) is 9.89. The van der Waals surface area contributed by atoms with Crippen LogP contribution in [0.2, 0.25) is 0 Å². The van der Waals surface area contributed by atoms with E-state index in [-0.39, 0.29) is 22.6 Å². The van der Waals surface area contributed by atoms with E-state index in [0.717, 1.165) is 66.5 Å². The lowest BCUT2D eigenvalue weighted by Crippen LogP contribution is -2.20. The zero-order chi connectivity index (χ0) is 26.5. The maximum atomic E-state index is 15.0. The van der Waals surface area contributed by atoms with Gasteiger partial charge in [-0.1, -0.05) is 43.2 Å². The molecule has 6 heteroatoms. The summed E-state index contributed by atoms with van der Waals surface area (Å²) >= 11 is 0. The Morgan fingerprint density at radius 1 is 1.13 bits per heavy atom. The molecule has 2 saturated carbocycles. The lowest BCUT2D eigenvalue weighted by atomic mass is 9.75. The number of methoxy groups -OCH3 is 1. The molecule has 1 heterocycles. The molecule has 3 aliphatic rings. The van der Waals surface area contributed by atoms with E-state index in [1.165, 1.54) is 18.9 Å². The molecule has 6 rings (SSSR count). The monoisotopic (exact) mass is 513 g/mol. The summed E-state index contributed by atoms with van der Waals surface area (Å²) in [5.74, 6) is -0.268. The number of fused-ring (bicyclic) bond motifs is 2. The zero-order valence-electron chi connectivity index (χ0n) is 21.6. The number of benzene rings is 2. The van der Waals surface area contributed by atoms with Gasteiger partial charge in [0.15, 0.2) is 0 Å². The van der Waals surface area contributed by atoms with Gasteiger partial charge in [0, 0.05) is 22.5 Å². The number of rotatable bonds is 8. The number of pyridine rings is 1. The van der Waals surface area contributed by atoms with Crippen LogP contribution in [0.4, 0.5) is 4.39 Å². The highest BCUT2D eigenvalue weighted by Crippen LogP contribution is 2.62. The average molecular weight is 514 g/mol. The molecule has 2 fully saturated rings. The highest BCUT2D eigenvalue weighted by Gasteiger charge is 2.61. The Labute approximate surface area is 222 Å². The van der Waals surface area contributed by atoms with Crippen molar-refractivity contribution in [3.8, 4) is 22.8 Å². The Morgan fingerprint density at radius 3 is 2.66 bits per heavy atom. The fourth-order valence-electron chi connectivity index (χ4n) is 6.84. The Bertz CT molecular complexity index is 1430. The number of allylic oxidation sites excluding steroid dienone is 1. The second-order valence-electron chi connectivity index (χ2n) is 11.0. The molecule has 0 radical (unpaired) electrons.